The largest absolute Gasteiger partial charge is 0.491 e. The Morgan fingerprint density at radius 3 is 2.90 bits per heavy atom. The summed E-state index contributed by atoms with van der Waals surface area (Å²) in [5, 5.41) is 3.22. The number of nitrogens with zero attached hydrogens (tertiary/aromatic N) is 1. The minimum absolute atomic E-state index is 0. The molecule has 0 saturated carbocycles. The summed E-state index contributed by atoms with van der Waals surface area (Å²) in [5.41, 5.74) is 1.02. The van der Waals surface area contributed by atoms with Crippen LogP contribution >= 0.6 is 12.4 Å². The maximum atomic E-state index is 13.8. The average Bonchev–Trinajstić information content (AvgIpc) is 2.81. The van der Waals surface area contributed by atoms with E-state index in [1.54, 1.807) is 12.1 Å². The molecule has 1 aliphatic rings. The quantitative estimate of drug-likeness (QED) is 0.874. The molecular formula is C15H24ClFN2O. The second kappa shape index (κ2) is 8.45. The maximum Gasteiger partial charge on any atom is 0.165 e. The van der Waals surface area contributed by atoms with Gasteiger partial charge in [-0.2, -0.15) is 0 Å². The van der Waals surface area contributed by atoms with Crippen LogP contribution in [0.4, 0.5) is 4.39 Å². The predicted octanol–water partition coefficient (Wildman–Crippen LogP) is 2.69. The van der Waals surface area contributed by atoms with Crippen molar-refractivity contribution in [3.8, 4) is 5.75 Å². The second-order valence-electron chi connectivity index (χ2n) is 5.15. The summed E-state index contributed by atoms with van der Waals surface area (Å²) >= 11 is 0. The van der Waals surface area contributed by atoms with Crippen molar-refractivity contribution in [2.75, 3.05) is 33.3 Å². The van der Waals surface area contributed by atoms with Crippen molar-refractivity contribution in [1.29, 1.82) is 0 Å². The van der Waals surface area contributed by atoms with Crippen molar-refractivity contribution in [3.63, 3.8) is 0 Å². The molecule has 0 bridgehead atoms. The summed E-state index contributed by atoms with van der Waals surface area (Å²) < 4.78 is 19.0. The van der Waals surface area contributed by atoms with Crippen LogP contribution in [0.25, 0.3) is 0 Å². The number of ether oxygens (including phenoxy) is 1. The third-order valence-corrected chi connectivity index (χ3v) is 3.57. The first-order valence-electron chi connectivity index (χ1n) is 7.01. The lowest BCUT2D eigenvalue weighted by atomic mass is 10.1. The normalized spacial score (nSPS) is 18.9. The predicted molar refractivity (Wildman–Crippen MR) is 82.1 cm³/mol. The monoisotopic (exact) mass is 302 g/mol. The summed E-state index contributed by atoms with van der Waals surface area (Å²) in [4.78, 5) is 2.39. The fraction of sp³-hybridized carbons (Fsp3) is 0.600. The SMILES string of the molecule is CCOc1ccc(CN2CCC(CNC)C2)cc1F.Cl. The molecule has 5 heteroatoms. The minimum Gasteiger partial charge on any atom is -0.491 e. The Morgan fingerprint density at radius 1 is 1.45 bits per heavy atom. The molecule has 2 rings (SSSR count). The number of benzene rings is 1. The fourth-order valence-corrected chi connectivity index (χ4v) is 2.69. The molecule has 20 heavy (non-hydrogen) atoms. The highest BCUT2D eigenvalue weighted by molar-refractivity contribution is 5.85. The van der Waals surface area contributed by atoms with Crippen molar-refractivity contribution in [1.82, 2.24) is 10.2 Å². The first-order valence-corrected chi connectivity index (χ1v) is 7.01. The number of halogens is 2. The lowest BCUT2D eigenvalue weighted by Crippen LogP contribution is -2.24. The molecule has 1 aliphatic heterocycles. The zero-order valence-corrected chi connectivity index (χ0v) is 13.0. The van der Waals surface area contributed by atoms with Gasteiger partial charge in [-0.05, 0) is 57.1 Å². The standard InChI is InChI=1S/C15H23FN2O.ClH/c1-3-19-15-5-4-12(8-14(15)16)10-18-7-6-13(11-18)9-17-2;/h4-5,8,13,17H,3,6-7,9-11H2,1-2H3;1H. The number of nitrogens with one attached hydrogen (secondary N) is 1. The zero-order chi connectivity index (χ0) is 13.7. The molecule has 3 nitrogen and oxygen atoms in total. The molecule has 0 radical (unpaired) electrons. The molecule has 114 valence electrons. The first-order chi connectivity index (χ1) is 9.22. The fourth-order valence-electron chi connectivity index (χ4n) is 2.69. The van der Waals surface area contributed by atoms with Crippen molar-refractivity contribution >= 4 is 12.4 Å². The molecule has 1 saturated heterocycles. The Hall–Kier alpha value is -0.840. The summed E-state index contributed by atoms with van der Waals surface area (Å²) in [6.07, 6.45) is 1.22. The van der Waals surface area contributed by atoms with Crippen molar-refractivity contribution in [3.05, 3.63) is 29.6 Å². The number of hydrogen-bond donors (Lipinski definition) is 1. The average molecular weight is 303 g/mol. The first kappa shape index (κ1) is 17.2. The van der Waals surface area contributed by atoms with Crippen LogP contribution in [0.1, 0.15) is 18.9 Å². The van der Waals surface area contributed by atoms with E-state index in [0.717, 1.165) is 37.7 Å². The second-order valence-corrected chi connectivity index (χ2v) is 5.15. The van der Waals surface area contributed by atoms with Gasteiger partial charge in [0.2, 0.25) is 0 Å². The van der Waals surface area contributed by atoms with Gasteiger partial charge in [0.25, 0.3) is 0 Å². The van der Waals surface area contributed by atoms with E-state index >= 15 is 0 Å². The van der Waals surface area contributed by atoms with Crippen LogP contribution in [0.3, 0.4) is 0 Å². The molecule has 1 atom stereocenters. The summed E-state index contributed by atoms with van der Waals surface area (Å²) in [5.74, 6) is 0.809. The molecule has 1 aromatic rings. The molecule has 1 heterocycles. The van der Waals surface area contributed by atoms with Gasteiger partial charge >= 0.3 is 0 Å². The van der Waals surface area contributed by atoms with Crippen LogP contribution in [-0.2, 0) is 6.54 Å². The van der Waals surface area contributed by atoms with Crippen LogP contribution in [0.2, 0.25) is 0 Å². The van der Waals surface area contributed by atoms with Crippen molar-refractivity contribution in [2.45, 2.75) is 19.9 Å². The number of likely N-dealkylation sites (tertiary alicyclic amines) is 1. The van der Waals surface area contributed by atoms with Gasteiger partial charge in [0.15, 0.2) is 11.6 Å². The Labute approximate surface area is 126 Å². The van der Waals surface area contributed by atoms with E-state index in [4.69, 9.17) is 4.74 Å². The third kappa shape index (κ3) is 4.62. The minimum atomic E-state index is -0.259. The Balaban J connectivity index is 0.00000200. The summed E-state index contributed by atoms with van der Waals surface area (Å²) in [7, 11) is 1.99. The lowest BCUT2D eigenvalue weighted by Gasteiger charge is -2.16. The molecule has 1 N–H and O–H groups in total. The number of rotatable bonds is 6. The Morgan fingerprint density at radius 2 is 2.25 bits per heavy atom. The van der Waals surface area contributed by atoms with Crippen molar-refractivity contribution in [2.24, 2.45) is 5.92 Å². The highest BCUT2D eigenvalue weighted by atomic mass is 35.5. The Bertz CT molecular complexity index is 417. The molecule has 1 aromatic carbocycles. The number of hydrogen-bond acceptors (Lipinski definition) is 3. The van der Waals surface area contributed by atoms with E-state index in [-0.39, 0.29) is 18.2 Å². The van der Waals surface area contributed by atoms with E-state index in [1.165, 1.54) is 6.42 Å². The summed E-state index contributed by atoms with van der Waals surface area (Å²) in [6, 6.07) is 5.28. The lowest BCUT2D eigenvalue weighted by molar-refractivity contribution is 0.310. The van der Waals surface area contributed by atoms with Crippen LogP contribution in [0.5, 0.6) is 5.75 Å². The zero-order valence-electron chi connectivity index (χ0n) is 12.2. The van der Waals surface area contributed by atoms with Gasteiger partial charge in [-0.1, -0.05) is 6.07 Å². The highest BCUT2D eigenvalue weighted by Crippen LogP contribution is 2.22. The van der Waals surface area contributed by atoms with Crippen LogP contribution in [0.15, 0.2) is 18.2 Å². The van der Waals surface area contributed by atoms with Gasteiger partial charge in [-0.15, -0.1) is 12.4 Å². The van der Waals surface area contributed by atoms with Gasteiger partial charge in [-0.25, -0.2) is 4.39 Å². The topological polar surface area (TPSA) is 24.5 Å². The van der Waals surface area contributed by atoms with Gasteiger partial charge < -0.3 is 10.1 Å². The van der Waals surface area contributed by atoms with E-state index in [0.29, 0.717) is 12.4 Å². The van der Waals surface area contributed by atoms with E-state index < -0.39 is 0 Å². The Kier molecular flexibility index (Phi) is 7.27. The molecule has 1 unspecified atom stereocenters. The molecule has 0 amide bonds. The van der Waals surface area contributed by atoms with E-state index in [9.17, 15) is 4.39 Å². The van der Waals surface area contributed by atoms with Crippen LogP contribution in [-0.4, -0.2) is 38.2 Å². The molecule has 0 aromatic heterocycles. The molecule has 0 spiro atoms. The highest BCUT2D eigenvalue weighted by Gasteiger charge is 2.21. The molecular weight excluding hydrogens is 279 g/mol. The third-order valence-electron chi connectivity index (χ3n) is 3.57. The molecule has 0 aliphatic carbocycles. The van der Waals surface area contributed by atoms with E-state index in [1.807, 2.05) is 20.0 Å². The van der Waals surface area contributed by atoms with Crippen LogP contribution < -0.4 is 10.1 Å². The van der Waals surface area contributed by atoms with Crippen LogP contribution in [0, 0.1) is 11.7 Å². The smallest absolute Gasteiger partial charge is 0.165 e. The van der Waals surface area contributed by atoms with Gasteiger partial charge in [0.05, 0.1) is 6.61 Å². The van der Waals surface area contributed by atoms with E-state index in [2.05, 4.69) is 10.2 Å². The van der Waals surface area contributed by atoms with Gasteiger partial charge in [0.1, 0.15) is 0 Å². The van der Waals surface area contributed by atoms with Crippen molar-refractivity contribution < 1.29 is 9.13 Å². The summed E-state index contributed by atoms with van der Waals surface area (Å²) in [6.45, 7) is 6.43. The van der Waals surface area contributed by atoms with Gasteiger partial charge in [0, 0.05) is 13.1 Å². The van der Waals surface area contributed by atoms with Gasteiger partial charge in [-0.3, -0.25) is 4.90 Å². The maximum absolute atomic E-state index is 13.8. The molecule has 1 fully saturated rings.